The fourth-order valence-electron chi connectivity index (χ4n) is 5.92. The number of benzene rings is 1. The molecule has 0 radical (unpaired) electrons. The summed E-state index contributed by atoms with van der Waals surface area (Å²) < 4.78 is 30.2. The standard InChI is InChI=1S/C27H37F2N7O/c1-17(37)35-11-7-24(33-20-5-8-31-9-6-20)23(16-35)27(30)36-10-3-4-18-12-21(19-14-32-34(2)15-19)22(26(28)29)13-25(18)36/h12-15,20,26-27,31,33H,3-11,16,30H2,1-2H3/p+1. The number of halogens is 2. The summed E-state index contributed by atoms with van der Waals surface area (Å²) in [5.41, 5.74) is 9.93. The van der Waals surface area contributed by atoms with Gasteiger partial charge in [-0.05, 0) is 62.0 Å². The van der Waals surface area contributed by atoms with Crippen LogP contribution in [0.5, 0.6) is 0 Å². The van der Waals surface area contributed by atoms with Crippen LogP contribution >= 0.6 is 0 Å². The zero-order valence-electron chi connectivity index (χ0n) is 21.8. The van der Waals surface area contributed by atoms with Gasteiger partial charge in [-0.25, -0.2) is 8.78 Å². The average molecular weight is 515 g/mol. The summed E-state index contributed by atoms with van der Waals surface area (Å²) >= 11 is 0. The van der Waals surface area contributed by atoms with Gasteiger partial charge in [0.1, 0.15) is 0 Å². The van der Waals surface area contributed by atoms with Crippen molar-refractivity contribution in [2.45, 2.75) is 57.7 Å². The molecule has 1 aromatic heterocycles. The van der Waals surface area contributed by atoms with E-state index in [2.05, 4.69) is 26.4 Å². The number of amides is 1. The molecule has 37 heavy (non-hydrogen) atoms. The summed E-state index contributed by atoms with van der Waals surface area (Å²) in [6.45, 7) is 5.51. The second-order valence-corrected chi connectivity index (χ2v) is 10.4. The number of hydrogen-bond donors (Lipinski definition) is 3. The van der Waals surface area contributed by atoms with E-state index in [0.717, 1.165) is 74.3 Å². The van der Waals surface area contributed by atoms with Crippen LogP contribution in [0, 0.1) is 0 Å². The highest BCUT2D eigenvalue weighted by Crippen LogP contribution is 2.40. The summed E-state index contributed by atoms with van der Waals surface area (Å²) in [6, 6.07) is 3.97. The summed E-state index contributed by atoms with van der Waals surface area (Å²) in [4.78, 5) is 16.3. The Bertz CT molecular complexity index is 1170. The number of alkyl halides is 2. The molecular weight excluding hydrogens is 476 g/mol. The quantitative estimate of drug-likeness (QED) is 0.550. The van der Waals surface area contributed by atoms with E-state index in [-0.39, 0.29) is 17.6 Å². The Morgan fingerprint density at radius 1 is 1.22 bits per heavy atom. The van der Waals surface area contributed by atoms with Gasteiger partial charge >= 0.3 is 0 Å². The summed E-state index contributed by atoms with van der Waals surface area (Å²) in [6.07, 6.45) is 5.15. The minimum absolute atomic E-state index is 0.0156. The lowest BCUT2D eigenvalue weighted by atomic mass is 9.91. The number of aryl methyl sites for hydroxylation is 2. The number of aromatic nitrogens is 2. The molecule has 1 fully saturated rings. The second kappa shape index (κ2) is 10.8. The van der Waals surface area contributed by atoms with E-state index < -0.39 is 6.43 Å². The van der Waals surface area contributed by atoms with Gasteiger partial charge in [-0.3, -0.25) is 9.48 Å². The van der Waals surface area contributed by atoms with Gasteiger partial charge in [-0.2, -0.15) is 5.10 Å². The van der Waals surface area contributed by atoms with Gasteiger partial charge in [-0.1, -0.05) is 0 Å². The number of rotatable bonds is 6. The predicted molar refractivity (Wildman–Crippen MR) is 139 cm³/mol. The average Bonchev–Trinajstić information content (AvgIpc) is 3.34. The highest BCUT2D eigenvalue weighted by molar-refractivity contribution is 5.75. The number of nitrogens with one attached hydrogen (secondary N) is 2. The van der Waals surface area contributed by atoms with Crippen molar-refractivity contribution in [1.29, 1.82) is 0 Å². The molecule has 200 valence electrons. The van der Waals surface area contributed by atoms with Crippen LogP contribution in [0.25, 0.3) is 11.1 Å². The Kier molecular flexibility index (Phi) is 7.48. The molecule has 1 atom stereocenters. The van der Waals surface area contributed by atoms with E-state index in [1.165, 1.54) is 0 Å². The molecule has 2 aromatic rings. The van der Waals surface area contributed by atoms with Crippen LogP contribution in [-0.2, 0) is 18.3 Å². The lowest BCUT2D eigenvalue weighted by Gasteiger charge is -2.40. The molecule has 1 saturated heterocycles. The zero-order chi connectivity index (χ0) is 26.1. The Labute approximate surface area is 216 Å². The van der Waals surface area contributed by atoms with Crippen LogP contribution in [0.15, 0.2) is 35.8 Å². The van der Waals surface area contributed by atoms with E-state index in [4.69, 9.17) is 0 Å². The third kappa shape index (κ3) is 5.36. The van der Waals surface area contributed by atoms with Crippen molar-refractivity contribution in [3.05, 3.63) is 46.9 Å². The Morgan fingerprint density at radius 3 is 2.68 bits per heavy atom. The third-order valence-electron chi connectivity index (χ3n) is 7.98. The molecule has 10 heteroatoms. The van der Waals surface area contributed by atoms with Crippen LogP contribution in [0.2, 0.25) is 0 Å². The number of fused-ring (bicyclic) bond motifs is 1. The highest BCUT2D eigenvalue weighted by Gasteiger charge is 2.34. The SMILES string of the molecule is CC(=O)N1CCC(NC2CCNCC2)=C(C([NH3+])N2CCCc3cc(-c4cnn(C)c4)c(C(F)F)cc32)C1. The minimum Gasteiger partial charge on any atom is -0.385 e. The first kappa shape index (κ1) is 25.7. The predicted octanol–water partition coefficient (Wildman–Crippen LogP) is 2.19. The number of carbonyl (C=O) groups excluding carboxylic acids is 1. The fraction of sp³-hybridized carbons (Fsp3) is 0.556. The van der Waals surface area contributed by atoms with Crippen LogP contribution in [0.1, 0.15) is 50.2 Å². The molecular formula is C27H38F2N7O+. The van der Waals surface area contributed by atoms with Gasteiger partial charge in [-0.15, -0.1) is 0 Å². The zero-order valence-corrected chi connectivity index (χ0v) is 21.8. The van der Waals surface area contributed by atoms with E-state index in [1.54, 1.807) is 37.1 Å². The van der Waals surface area contributed by atoms with Crippen molar-refractivity contribution in [3.8, 4) is 11.1 Å². The molecule has 8 nitrogen and oxygen atoms in total. The van der Waals surface area contributed by atoms with Gasteiger partial charge in [0, 0.05) is 73.8 Å². The maximum absolute atomic E-state index is 14.3. The second-order valence-electron chi connectivity index (χ2n) is 10.4. The van der Waals surface area contributed by atoms with Crippen molar-refractivity contribution in [1.82, 2.24) is 25.3 Å². The summed E-state index contributed by atoms with van der Waals surface area (Å²) in [7, 11) is 1.79. The van der Waals surface area contributed by atoms with Crippen LogP contribution in [0.3, 0.4) is 0 Å². The van der Waals surface area contributed by atoms with Gasteiger partial charge in [0.25, 0.3) is 6.43 Å². The first-order valence-electron chi connectivity index (χ1n) is 13.3. The Balaban J connectivity index is 1.51. The number of anilines is 1. The van der Waals surface area contributed by atoms with E-state index in [0.29, 0.717) is 30.3 Å². The van der Waals surface area contributed by atoms with Crippen molar-refractivity contribution in [3.63, 3.8) is 0 Å². The smallest absolute Gasteiger partial charge is 0.264 e. The van der Waals surface area contributed by atoms with Crippen molar-refractivity contribution in [2.24, 2.45) is 7.05 Å². The number of nitrogens with zero attached hydrogens (tertiary/aromatic N) is 4. The molecule has 5 N–H and O–H groups in total. The van der Waals surface area contributed by atoms with Gasteiger partial charge < -0.3 is 26.2 Å². The molecule has 0 saturated carbocycles. The summed E-state index contributed by atoms with van der Waals surface area (Å²) in [5, 5.41) is 11.4. The van der Waals surface area contributed by atoms with Gasteiger partial charge in [0.15, 0.2) is 6.17 Å². The normalized spacial score (nSPS) is 19.8. The molecule has 3 aliphatic heterocycles. The van der Waals surface area contributed by atoms with E-state index in [1.807, 2.05) is 11.0 Å². The molecule has 1 unspecified atom stereocenters. The number of quaternary nitrogens is 1. The van der Waals surface area contributed by atoms with E-state index in [9.17, 15) is 13.6 Å². The summed E-state index contributed by atoms with van der Waals surface area (Å²) in [5.74, 6) is 0.0470. The van der Waals surface area contributed by atoms with Crippen molar-refractivity contribution in [2.75, 3.05) is 37.6 Å². The van der Waals surface area contributed by atoms with Crippen LogP contribution in [0.4, 0.5) is 14.5 Å². The first-order chi connectivity index (χ1) is 17.8. The maximum atomic E-state index is 14.3. The monoisotopic (exact) mass is 514 g/mol. The van der Waals surface area contributed by atoms with Crippen molar-refractivity contribution < 1.29 is 19.3 Å². The number of piperidine rings is 1. The first-order valence-corrected chi connectivity index (χ1v) is 13.3. The Morgan fingerprint density at radius 2 is 2.00 bits per heavy atom. The molecule has 3 aliphatic rings. The Hall–Kier alpha value is -2.98. The van der Waals surface area contributed by atoms with Crippen LogP contribution in [-0.4, -0.2) is 65.5 Å². The lowest BCUT2D eigenvalue weighted by Crippen LogP contribution is -2.72. The molecule has 5 rings (SSSR count). The number of hydrogen-bond acceptors (Lipinski definition) is 5. The fourth-order valence-corrected chi connectivity index (χ4v) is 5.92. The molecule has 0 aliphatic carbocycles. The molecule has 0 spiro atoms. The number of carbonyl (C=O) groups is 1. The molecule has 1 aromatic carbocycles. The third-order valence-corrected chi connectivity index (χ3v) is 7.98. The van der Waals surface area contributed by atoms with E-state index >= 15 is 0 Å². The lowest BCUT2D eigenvalue weighted by molar-refractivity contribution is -0.407. The largest absolute Gasteiger partial charge is 0.385 e. The molecule has 0 bridgehead atoms. The highest BCUT2D eigenvalue weighted by atomic mass is 19.3. The maximum Gasteiger partial charge on any atom is 0.264 e. The minimum atomic E-state index is -2.60. The van der Waals surface area contributed by atoms with Gasteiger partial charge in [0.05, 0.1) is 12.7 Å². The van der Waals surface area contributed by atoms with Gasteiger partial charge in [0.2, 0.25) is 5.91 Å². The van der Waals surface area contributed by atoms with Crippen LogP contribution < -0.4 is 21.3 Å². The topological polar surface area (TPSA) is 93.1 Å². The molecule has 1 amide bonds. The van der Waals surface area contributed by atoms with Crippen molar-refractivity contribution >= 4 is 11.6 Å². The molecule has 4 heterocycles.